The van der Waals surface area contributed by atoms with Crippen molar-refractivity contribution >= 4 is 40.4 Å². The molecule has 1 saturated carbocycles. The topological polar surface area (TPSA) is 87.2 Å². The largest absolute Gasteiger partial charge is 0.362 e. The van der Waals surface area contributed by atoms with Gasteiger partial charge >= 0.3 is 0 Å². The molecule has 0 aliphatic heterocycles. The Morgan fingerprint density at radius 1 is 0.909 bits per heavy atom. The molecule has 1 heterocycles. The Hall–Kier alpha value is -3.74. The number of nitrogens with one attached hydrogen (secondary N) is 2. The van der Waals surface area contributed by atoms with Crippen molar-refractivity contribution in [3.05, 3.63) is 66.2 Å². The van der Waals surface area contributed by atoms with Crippen molar-refractivity contribution in [2.75, 3.05) is 24.3 Å². The highest BCUT2D eigenvalue weighted by Gasteiger charge is 2.24. The molecule has 0 bridgehead atoms. The molecule has 1 aromatic heterocycles. The van der Waals surface area contributed by atoms with Crippen molar-refractivity contribution < 1.29 is 9.59 Å². The highest BCUT2D eigenvalue weighted by Crippen LogP contribution is 2.26. The molecule has 0 saturated heterocycles. The van der Waals surface area contributed by atoms with Gasteiger partial charge in [0.25, 0.3) is 5.91 Å². The summed E-state index contributed by atoms with van der Waals surface area (Å²) in [5.74, 6) is 0.421. The van der Waals surface area contributed by atoms with E-state index in [-0.39, 0.29) is 12.1 Å². The Morgan fingerprint density at radius 2 is 1.58 bits per heavy atom. The molecule has 4 rings (SSSR count). The van der Waals surface area contributed by atoms with Gasteiger partial charge in [-0.05, 0) is 49.5 Å². The van der Waals surface area contributed by atoms with Crippen molar-refractivity contribution in [1.29, 1.82) is 0 Å². The van der Waals surface area contributed by atoms with Crippen LogP contribution in [0.3, 0.4) is 0 Å². The van der Waals surface area contributed by atoms with Crippen molar-refractivity contribution in [3.8, 4) is 0 Å². The van der Waals surface area contributed by atoms with Crippen LogP contribution < -0.4 is 15.5 Å². The van der Waals surface area contributed by atoms with Gasteiger partial charge in [-0.2, -0.15) is 4.98 Å². The van der Waals surface area contributed by atoms with Crippen molar-refractivity contribution in [2.45, 2.75) is 37.8 Å². The average molecular weight is 444 g/mol. The molecule has 0 spiro atoms. The normalized spacial score (nSPS) is 18.2. The number of rotatable bonds is 7. The van der Waals surface area contributed by atoms with E-state index < -0.39 is 11.7 Å². The Balaban J connectivity index is 1.31. The van der Waals surface area contributed by atoms with Crippen LogP contribution in [0.4, 0.5) is 11.8 Å². The smallest absolute Gasteiger partial charge is 0.291 e. The Bertz CT molecular complexity index is 1150. The SMILES string of the molecule is CN(C)c1nc(N[C@H]2CC[C@@H](NC(=O)C(=O)/C=C/c3ccccc3)CC2)nc2ccccc12. The summed E-state index contributed by atoms with van der Waals surface area (Å²) in [4.78, 5) is 35.8. The van der Waals surface area contributed by atoms with E-state index in [1.54, 1.807) is 6.08 Å². The predicted octanol–water partition coefficient (Wildman–Crippen LogP) is 3.82. The van der Waals surface area contributed by atoms with Crippen LogP contribution in [0.25, 0.3) is 17.0 Å². The third-order valence-electron chi connectivity index (χ3n) is 5.85. The fourth-order valence-electron chi connectivity index (χ4n) is 4.10. The first-order chi connectivity index (χ1) is 16.0. The number of amides is 1. The molecule has 1 fully saturated rings. The van der Waals surface area contributed by atoms with Crippen molar-refractivity contribution in [3.63, 3.8) is 0 Å². The second-order valence-corrected chi connectivity index (χ2v) is 8.56. The molecule has 1 amide bonds. The van der Waals surface area contributed by atoms with Gasteiger partial charge in [0, 0.05) is 31.6 Å². The Labute approximate surface area is 193 Å². The van der Waals surface area contributed by atoms with E-state index in [9.17, 15) is 9.59 Å². The van der Waals surface area contributed by atoms with E-state index in [1.807, 2.05) is 73.6 Å². The molecule has 170 valence electrons. The molecule has 2 aromatic carbocycles. The number of hydrogen-bond acceptors (Lipinski definition) is 6. The van der Waals surface area contributed by atoms with Gasteiger partial charge in [0.2, 0.25) is 11.7 Å². The van der Waals surface area contributed by atoms with Gasteiger partial charge in [-0.3, -0.25) is 9.59 Å². The number of ketones is 1. The molecule has 7 nitrogen and oxygen atoms in total. The van der Waals surface area contributed by atoms with Crippen LogP contribution in [-0.4, -0.2) is 47.8 Å². The molecule has 2 N–H and O–H groups in total. The van der Waals surface area contributed by atoms with Crippen LogP contribution in [0.1, 0.15) is 31.2 Å². The number of nitrogens with zero attached hydrogens (tertiary/aromatic N) is 3. The van der Waals surface area contributed by atoms with Crippen LogP contribution in [0.2, 0.25) is 0 Å². The Morgan fingerprint density at radius 3 is 2.30 bits per heavy atom. The quantitative estimate of drug-likeness (QED) is 0.426. The lowest BCUT2D eigenvalue weighted by molar-refractivity contribution is -0.135. The first-order valence-corrected chi connectivity index (χ1v) is 11.3. The summed E-state index contributed by atoms with van der Waals surface area (Å²) in [5, 5.41) is 7.36. The summed E-state index contributed by atoms with van der Waals surface area (Å²) >= 11 is 0. The molecule has 1 aliphatic carbocycles. The van der Waals surface area contributed by atoms with Crippen LogP contribution in [0, 0.1) is 0 Å². The molecule has 1 aliphatic rings. The van der Waals surface area contributed by atoms with E-state index in [0.717, 1.165) is 48.0 Å². The van der Waals surface area contributed by atoms with Gasteiger partial charge in [-0.15, -0.1) is 0 Å². The zero-order chi connectivity index (χ0) is 23.2. The standard InChI is InChI=1S/C26H29N5O2/c1-31(2)24-21-10-6-7-11-22(21)29-26(30-24)28-20-15-13-19(14-16-20)27-25(33)23(32)17-12-18-8-4-3-5-9-18/h3-12,17,19-20H,13-16H2,1-2H3,(H,27,33)(H,28,29,30)/b17-12+/t19-,20+. The minimum absolute atomic E-state index is 0.000478. The molecule has 3 aromatic rings. The summed E-state index contributed by atoms with van der Waals surface area (Å²) in [7, 11) is 3.95. The fraction of sp³-hybridized carbons (Fsp3) is 0.308. The van der Waals surface area contributed by atoms with E-state index >= 15 is 0 Å². The molecule has 7 heteroatoms. The van der Waals surface area contributed by atoms with Gasteiger partial charge in [0.1, 0.15) is 5.82 Å². The predicted molar refractivity (Wildman–Crippen MR) is 132 cm³/mol. The zero-order valence-electron chi connectivity index (χ0n) is 19.0. The van der Waals surface area contributed by atoms with Gasteiger partial charge in [-0.1, -0.05) is 48.5 Å². The number of anilines is 2. The van der Waals surface area contributed by atoms with Crippen molar-refractivity contribution in [2.24, 2.45) is 0 Å². The minimum atomic E-state index is -0.549. The number of fused-ring (bicyclic) bond motifs is 1. The maximum atomic E-state index is 12.3. The van der Waals surface area contributed by atoms with Crippen LogP contribution in [-0.2, 0) is 9.59 Å². The van der Waals surface area contributed by atoms with Crippen LogP contribution in [0.5, 0.6) is 0 Å². The van der Waals surface area contributed by atoms with E-state index in [1.165, 1.54) is 6.08 Å². The molecule has 0 atom stereocenters. The minimum Gasteiger partial charge on any atom is -0.362 e. The van der Waals surface area contributed by atoms with Gasteiger partial charge in [-0.25, -0.2) is 4.98 Å². The molecular weight excluding hydrogens is 414 g/mol. The molecule has 0 unspecified atom stereocenters. The van der Waals surface area contributed by atoms with Crippen molar-refractivity contribution in [1.82, 2.24) is 15.3 Å². The fourth-order valence-corrected chi connectivity index (χ4v) is 4.10. The number of aromatic nitrogens is 2. The number of benzene rings is 2. The van der Waals surface area contributed by atoms with Gasteiger partial charge < -0.3 is 15.5 Å². The lowest BCUT2D eigenvalue weighted by Gasteiger charge is -2.29. The highest BCUT2D eigenvalue weighted by molar-refractivity contribution is 6.41. The van der Waals surface area contributed by atoms with Crippen LogP contribution >= 0.6 is 0 Å². The highest BCUT2D eigenvalue weighted by atomic mass is 16.2. The maximum absolute atomic E-state index is 12.3. The summed E-state index contributed by atoms with van der Waals surface area (Å²) in [5.41, 5.74) is 1.79. The third-order valence-corrected chi connectivity index (χ3v) is 5.85. The molecule has 0 radical (unpaired) electrons. The van der Waals surface area contributed by atoms with Crippen LogP contribution in [0.15, 0.2) is 60.7 Å². The number of carbonyl (C=O) groups excluding carboxylic acids is 2. The molecular formula is C26H29N5O2. The number of hydrogen-bond donors (Lipinski definition) is 2. The summed E-state index contributed by atoms with van der Waals surface area (Å²) in [6, 6.07) is 17.7. The molecule has 33 heavy (non-hydrogen) atoms. The van der Waals surface area contributed by atoms with E-state index in [4.69, 9.17) is 4.98 Å². The lowest BCUT2D eigenvalue weighted by atomic mass is 9.91. The first-order valence-electron chi connectivity index (χ1n) is 11.3. The first kappa shape index (κ1) is 22.5. The van der Waals surface area contributed by atoms with E-state index in [0.29, 0.717) is 5.95 Å². The maximum Gasteiger partial charge on any atom is 0.291 e. The summed E-state index contributed by atoms with van der Waals surface area (Å²) in [6.07, 6.45) is 6.32. The number of para-hydroxylation sites is 1. The van der Waals surface area contributed by atoms with E-state index in [2.05, 4.69) is 15.6 Å². The Kier molecular flexibility index (Phi) is 6.98. The second kappa shape index (κ2) is 10.3. The average Bonchev–Trinajstić information content (AvgIpc) is 2.83. The third kappa shape index (κ3) is 5.74. The summed E-state index contributed by atoms with van der Waals surface area (Å²) < 4.78 is 0. The second-order valence-electron chi connectivity index (χ2n) is 8.56. The lowest BCUT2D eigenvalue weighted by Crippen LogP contribution is -2.42. The monoisotopic (exact) mass is 443 g/mol. The van der Waals surface area contributed by atoms with Gasteiger partial charge in [0.05, 0.1) is 5.52 Å². The number of carbonyl (C=O) groups is 2. The summed E-state index contributed by atoms with van der Waals surface area (Å²) in [6.45, 7) is 0. The van der Waals surface area contributed by atoms with Gasteiger partial charge in [0.15, 0.2) is 0 Å². The zero-order valence-corrected chi connectivity index (χ0v) is 19.0.